The van der Waals surface area contributed by atoms with E-state index in [-0.39, 0.29) is 0 Å². The summed E-state index contributed by atoms with van der Waals surface area (Å²) in [6, 6.07) is 9.75. The second-order valence-corrected chi connectivity index (χ2v) is 3.76. The third kappa shape index (κ3) is 1.91. The third-order valence-electron chi connectivity index (χ3n) is 2.39. The fourth-order valence-electron chi connectivity index (χ4n) is 1.65. The van der Waals surface area contributed by atoms with Crippen molar-refractivity contribution >= 4 is 11.6 Å². The number of aryl methyl sites for hydroxylation is 1. The molecule has 0 spiro atoms. The number of para-hydroxylation sites is 2. The van der Waals surface area contributed by atoms with Gasteiger partial charge >= 0.3 is 0 Å². The Hall–Kier alpha value is -1.48. The van der Waals surface area contributed by atoms with E-state index in [2.05, 4.69) is 5.10 Å². The lowest BCUT2D eigenvalue weighted by atomic mass is 10.3. The minimum absolute atomic E-state index is 0.420. The van der Waals surface area contributed by atoms with Crippen molar-refractivity contribution in [3.8, 4) is 11.4 Å². The van der Waals surface area contributed by atoms with E-state index < -0.39 is 0 Å². The summed E-state index contributed by atoms with van der Waals surface area (Å²) in [7, 11) is 1.65. The molecule has 16 heavy (non-hydrogen) atoms. The first-order valence-corrected chi connectivity index (χ1v) is 5.54. The van der Waals surface area contributed by atoms with Gasteiger partial charge < -0.3 is 4.74 Å². The highest BCUT2D eigenvalue weighted by Crippen LogP contribution is 2.23. The molecule has 84 valence electrons. The number of rotatable bonds is 3. The van der Waals surface area contributed by atoms with Crippen LogP contribution >= 0.6 is 11.6 Å². The van der Waals surface area contributed by atoms with Crippen LogP contribution in [0.25, 0.3) is 5.69 Å². The average molecular weight is 237 g/mol. The van der Waals surface area contributed by atoms with E-state index in [1.165, 1.54) is 0 Å². The molecule has 0 aliphatic rings. The van der Waals surface area contributed by atoms with Crippen molar-refractivity contribution in [3.05, 3.63) is 41.7 Å². The highest BCUT2D eigenvalue weighted by atomic mass is 35.5. The topological polar surface area (TPSA) is 27.1 Å². The molecule has 0 radical (unpaired) electrons. The summed E-state index contributed by atoms with van der Waals surface area (Å²) in [5.74, 6) is 1.22. The first-order valence-electron chi connectivity index (χ1n) is 5.01. The van der Waals surface area contributed by atoms with Crippen molar-refractivity contribution in [2.75, 3.05) is 7.11 Å². The Labute approximate surface area is 99.6 Å². The molecule has 1 aromatic heterocycles. The van der Waals surface area contributed by atoms with E-state index in [9.17, 15) is 0 Å². The fourth-order valence-corrected chi connectivity index (χ4v) is 1.78. The summed E-state index contributed by atoms with van der Waals surface area (Å²) in [5.41, 5.74) is 2.84. The molecule has 0 aliphatic heterocycles. The van der Waals surface area contributed by atoms with Crippen LogP contribution in [-0.4, -0.2) is 16.9 Å². The number of aromatic nitrogens is 2. The Bertz CT molecular complexity index is 494. The molecule has 0 amide bonds. The van der Waals surface area contributed by atoms with Crippen LogP contribution in [0.5, 0.6) is 5.75 Å². The zero-order chi connectivity index (χ0) is 11.5. The van der Waals surface area contributed by atoms with Crippen LogP contribution < -0.4 is 4.74 Å². The van der Waals surface area contributed by atoms with Gasteiger partial charge in [0.15, 0.2) is 0 Å². The molecule has 0 N–H and O–H groups in total. The van der Waals surface area contributed by atoms with Gasteiger partial charge in [0, 0.05) is 5.69 Å². The minimum Gasteiger partial charge on any atom is -0.494 e. The zero-order valence-electron chi connectivity index (χ0n) is 9.27. The third-order valence-corrected chi connectivity index (χ3v) is 2.66. The lowest BCUT2D eigenvalue weighted by Crippen LogP contribution is -2.01. The van der Waals surface area contributed by atoms with Gasteiger partial charge in [0.1, 0.15) is 11.4 Å². The van der Waals surface area contributed by atoms with Crippen LogP contribution in [0.3, 0.4) is 0 Å². The predicted octanol–water partition coefficient (Wildman–Crippen LogP) is 2.93. The van der Waals surface area contributed by atoms with Gasteiger partial charge in [0.25, 0.3) is 0 Å². The highest BCUT2D eigenvalue weighted by molar-refractivity contribution is 6.16. The minimum atomic E-state index is 0.420. The molecular formula is C12H13ClN2O. The largest absolute Gasteiger partial charge is 0.494 e. The van der Waals surface area contributed by atoms with Crippen LogP contribution in [0.15, 0.2) is 30.3 Å². The summed E-state index contributed by atoms with van der Waals surface area (Å²) < 4.78 is 7.15. The van der Waals surface area contributed by atoms with Crippen molar-refractivity contribution in [2.45, 2.75) is 12.8 Å². The molecule has 0 fully saturated rings. The van der Waals surface area contributed by atoms with E-state index in [1.54, 1.807) is 7.11 Å². The molecule has 0 bridgehead atoms. The van der Waals surface area contributed by atoms with Crippen LogP contribution in [0.2, 0.25) is 0 Å². The zero-order valence-corrected chi connectivity index (χ0v) is 10.0. The van der Waals surface area contributed by atoms with E-state index >= 15 is 0 Å². The molecule has 0 aliphatic carbocycles. The van der Waals surface area contributed by atoms with Gasteiger partial charge in [0.2, 0.25) is 0 Å². The van der Waals surface area contributed by atoms with Gasteiger partial charge in [-0.3, -0.25) is 0 Å². The maximum atomic E-state index is 5.77. The van der Waals surface area contributed by atoms with Gasteiger partial charge in [-0.05, 0) is 25.1 Å². The Kier molecular flexibility index (Phi) is 3.15. The first kappa shape index (κ1) is 11.0. The Balaban J connectivity index is 2.53. The number of nitrogens with zero attached hydrogens (tertiary/aromatic N) is 2. The van der Waals surface area contributed by atoms with Crippen molar-refractivity contribution in [3.63, 3.8) is 0 Å². The standard InChI is InChI=1S/C12H13ClN2O/c1-9-7-10(8-13)14-15(9)11-5-3-4-6-12(11)16-2/h3-7H,8H2,1-2H3. The van der Waals surface area contributed by atoms with Crippen molar-refractivity contribution < 1.29 is 4.74 Å². The van der Waals surface area contributed by atoms with Crippen molar-refractivity contribution in [2.24, 2.45) is 0 Å². The fraction of sp³-hybridized carbons (Fsp3) is 0.250. The first-order chi connectivity index (χ1) is 7.76. The summed E-state index contributed by atoms with van der Waals surface area (Å²) in [4.78, 5) is 0. The molecule has 0 saturated heterocycles. The number of hydrogen-bond acceptors (Lipinski definition) is 2. The number of benzene rings is 1. The lowest BCUT2D eigenvalue weighted by Gasteiger charge is -2.09. The molecule has 1 aromatic carbocycles. The second kappa shape index (κ2) is 4.58. The molecule has 0 unspecified atom stereocenters. The van der Waals surface area contributed by atoms with Crippen molar-refractivity contribution in [1.82, 2.24) is 9.78 Å². The molecule has 1 heterocycles. The van der Waals surface area contributed by atoms with E-state index in [0.29, 0.717) is 5.88 Å². The Morgan fingerprint density at radius 2 is 2.12 bits per heavy atom. The Morgan fingerprint density at radius 3 is 2.75 bits per heavy atom. The highest BCUT2D eigenvalue weighted by Gasteiger charge is 2.09. The maximum absolute atomic E-state index is 5.77. The summed E-state index contributed by atoms with van der Waals surface area (Å²) in [6.07, 6.45) is 0. The average Bonchev–Trinajstić information content (AvgIpc) is 2.70. The van der Waals surface area contributed by atoms with E-state index in [4.69, 9.17) is 16.3 Å². The number of ether oxygens (including phenoxy) is 1. The van der Waals surface area contributed by atoms with Crippen LogP contribution in [0.1, 0.15) is 11.4 Å². The normalized spacial score (nSPS) is 10.4. The Morgan fingerprint density at radius 1 is 1.38 bits per heavy atom. The summed E-state index contributed by atoms with van der Waals surface area (Å²) >= 11 is 5.77. The number of methoxy groups -OCH3 is 1. The number of halogens is 1. The van der Waals surface area contributed by atoms with E-state index in [0.717, 1.165) is 22.8 Å². The predicted molar refractivity (Wildman–Crippen MR) is 64.4 cm³/mol. The van der Waals surface area contributed by atoms with Gasteiger partial charge in [0.05, 0.1) is 18.7 Å². The molecule has 0 saturated carbocycles. The molecule has 4 heteroatoms. The monoisotopic (exact) mass is 236 g/mol. The number of alkyl halides is 1. The summed E-state index contributed by atoms with van der Waals surface area (Å²) in [6.45, 7) is 2.00. The van der Waals surface area contributed by atoms with Crippen molar-refractivity contribution in [1.29, 1.82) is 0 Å². The smallest absolute Gasteiger partial charge is 0.144 e. The lowest BCUT2D eigenvalue weighted by molar-refractivity contribution is 0.411. The summed E-state index contributed by atoms with van der Waals surface area (Å²) in [5, 5.41) is 4.41. The molecule has 3 nitrogen and oxygen atoms in total. The van der Waals surface area contributed by atoms with Gasteiger partial charge in [-0.1, -0.05) is 12.1 Å². The van der Waals surface area contributed by atoms with E-state index in [1.807, 2.05) is 41.9 Å². The molecule has 2 rings (SSSR count). The SMILES string of the molecule is COc1ccccc1-n1nc(CCl)cc1C. The van der Waals surface area contributed by atoms with Crippen LogP contribution in [-0.2, 0) is 5.88 Å². The van der Waals surface area contributed by atoms with Gasteiger partial charge in [-0.25, -0.2) is 4.68 Å². The molecule has 2 aromatic rings. The van der Waals surface area contributed by atoms with Gasteiger partial charge in [-0.2, -0.15) is 5.10 Å². The quantitative estimate of drug-likeness (QED) is 0.767. The van der Waals surface area contributed by atoms with Gasteiger partial charge in [-0.15, -0.1) is 11.6 Å². The maximum Gasteiger partial charge on any atom is 0.144 e. The second-order valence-electron chi connectivity index (χ2n) is 3.49. The molecule has 0 atom stereocenters. The van der Waals surface area contributed by atoms with Crippen LogP contribution in [0, 0.1) is 6.92 Å². The molecular weight excluding hydrogens is 224 g/mol. The van der Waals surface area contributed by atoms with Crippen LogP contribution in [0.4, 0.5) is 0 Å². The number of hydrogen-bond donors (Lipinski definition) is 0.